The monoisotopic (exact) mass is 362 g/mol. The molecule has 0 aliphatic carbocycles. The highest BCUT2D eigenvalue weighted by Gasteiger charge is 2.16. The molecule has 0 heterocycles. The summed E-state index contributed by atoms with van der Waals surface area (Å²) in [6.45, 7) is 5.31. The molecule has 16 heavy (non-hydrogen) atoms. The number of unbranched alkanes of at least 4 members (excludes halogenated alkanes) is 3. The fourth-order valence-electron chi connectivity index (χ4n) is 1.43. The topological polar surface area (TPSA) is 49.4 Å². The van der Waals surface area contributed by atoms with Crippen molar-refractivity contribution < 1.29 is 8.42 Å². The maximum atomic E-state index is 11.7. The van der Waals surface area contributed by atoms with Crippen LogP contribution in [0.25, 0.3) is 0 Å². The number of hydrogen-bond donors (Lipinski definition) is 1. The van der Waals surface area contributed by atoms with E-state index in [1.165, 1.54) is 21.6 Å². The molecule has 0 aliphatic heterocycles. The van der Waals surface area contributed by atoms with Gasteiger partial charge in [-0.2, -0.15) is 12.7 Å². The third-order valence-electron chi connectivity index (χ3n) is 2.39. The third kappa shape index (κ3) is 7.03. The first-order chi connectivity index (χ1) is 7.58. The predicted octanol–water partition coefficient (Wildman–Crippen LogP) is 2.16. The fraction of sp³-hybridized carbons (Fsp3) is 1.00. The minimum atomic E-state index is -3.23. The van der Waals surface area contributed by atoms with Crippen molar-refractivity contribution in [3.05, 3.63) is 0 Å². The Bertz CT molecular complexity index is 254. The number of rotatable bonds is 10. The van der Waals surface area contributed by atoms with E-state index in [9.17, 15) is 8.42 Å². The van der Waals surface area contributed by atoms with Gasteiger partial charge in [-0.15, -0.1) is 0 Å². The van der Waals surface area contributed by atoms with E-state index >= 15 is 0 Å². The summed E-state index contributed by atoms with van der Waals surface area (Å²) in [5, 5.41) is 0. The summed E-state index contributed by atoms with van der Waals surface area (Å²) < 4.78 is 28.7. The fourth-order valence-corrected chi connectivity index (χ4v) is 3.23. The minimum absolute atomic E-state index is 0.528. The number of halogens is 1. The summed E-state index contributed by atoms with van der Waals surface area (Å²) in [4.78, 5) is 0. The highest BCUT2D eigenvalue weighted by molar-refractivity contribution is 14.1. The van der Waals surface area contributed by atoms with Crippen molar-refractivity contribution in [3.63, 3.8) is 0 Å². The lowest BCUT2D eigenvalue weighted by atomic mass is 10.2. The normalized spacial score (nSPS) is 12.2. The Balaban J connectivity index is 3.74. The van der Waals surface area contributed by atoms with Crippen LogP contribution in [0.1, 0.15) is 39.5 Å². The summed E-state index contributed by atoms with van der Waals surface area (Å²) in [5.41, 5.74) is 0. The second-order valence-corrected chi connectivity index (χ2v) is 6.42. The molecule has 6 heteroatoms. The first-order valence-corrected chi connectivity index (χ1v) is 8.85. The van der Waals surface area contributed by atoms with Crippen LogP contribution < -0.4 is 4.72 Å². The van der Waals surface area contributed by atoms with Crippen molar-refractivity contribution in [3.8, 4) is 0 Å². The minimum Gasteiger partial charge on any atom is -0.202 e. The third-order valence-corrected chi connectivity index (χ3v) is 4.92. The summed E-state index contributed by atoms with van der Waals surface area (Å²) >= 11 is 2.36. The van der Waals surface area contributed by atoms with Crippen LogP contribution in [-0.2, 0) is 10.2 Å². The zero-order valence-corrected chi connectivity index (χ0v) is 13.2. The van der Waals surface area contributed by atoms with Gasteiger partial charge in [0.05, 0.1) is 0 Å². The lowest BCUT2D eigenvalue weighted by Gasteiger charge is -2.18. The van der Waals surface area contributed by atoms with Crippen molar-refractivity contribution in [2.75, 3.05) is 24.1 Å². The van der Waals surface area contributed by atoms with Gasteiger partial charge in [0.2, 0.25) is 0 Å². The highest BCUT2D eigenvalue weighted by atomic mass is 127. The molecular weight excluding hydrogens is 339 g/mol. The average molecular weight is 362 g/mol. The molecule has 0 rings (SSSR count). The lowest BCUT2D eigenvalue weighted by Crippen LogP contribution is -2.40. The van der Waals surface area contributed by atoms with Crippen LogP contribution in [0.4, 0.5) is 0 Å². The van der Waals surface area contributed by atoms with E-state index in [0.717, 1.165) is 12.8 Å². The van der Waals surface area contributed by atoms with Gasteiger partial charge in [-0.3, -0.25) is 0 Å². The number of nitrogens with one attached hydrogen (secondary N) is 1. The lowest BCUT2D eigenvalue weighted by molar-refractivity contribution is 0.434. The maximum Gasteiger partial charge on any atom is 0.279 e. The smallest absolute Gasteiger partial charge is 0.202 e. The molecule has 0 amide bonds. The summed E-state index contributed by atoms with van der Waals surface area (Å²) in [6.07, 6.45) is 4.44. The second kappa shape index (κ2) is 9.61. The highest BCUT2D eigenvalue weighted by Crippen LogP contribution is 2.02. The molecule has 0 saturated heterocycles. The molecule has 0 atom stereocenters. The number of nitrogens with zero attached hydrogens (tertiary/aromatic N) is 1. The molecule has 0 bridgehead atoms. The molecular formula is C10H23IN2O2S. The molecule has 98 valence electrons. The molecule has 0 unspecified atom stereocenters. The van der Waals surface area contributed by atoms with Gasteiger partial charge < -0.3 is 0 Å². The van der Waals surface area contributed by atoms with Crippen molar-refractivity contribution in [1.82, 2.24) is 9.03 Å². The number of alkyl halides is 1. The molecule has 0 aromatic heterocycles. The first-order valence-electron chi connectivity index (χ1n) is 5.89. The predicted molar refractivity (Wildman–Crippen MR) is 77.2 cm³/mol. The van der Waals surface area contributed by atoms with Crippen LogP contribution in [0, 0.1) is 0 Å². The zero-order chi connectivity index (χ0) is 12.4. The van der Waals surface area contributed by atoms with Crippen LogP contribution >= 0.6 is 22.6 Å². The second-order valence-electron chi connectivity index (χ2n) is 3.59. The van der Waals surface area contributed by atoms with E-state index in [0.29, 0.717) is 19.6 Å². The Morgan fingerprint density at radius 1 is 1.06 bits per heavy atom. The largest absolute Gasteiger partial charge is 0.279 e. The van der Waals surface area contributed by atoms with Crippen LogP contribution in [0.15, 0.2) is 0 Å². The van der Waals surface area contributed by atoms with Gasteiger partial charge in [0.1, 0.15) is 0 Å². The van der Waals surface area contributed by atoms with Crippen molar-refractivity contribution in [2.45, 2.75) is 39.5 Å². The molecule has 1 N–H and O–H groups in total. The Hall–Kier alpha value is 0.600. The van der Waals surface area contributed by atoms with Crippen LogP contribution in [0.2, 0.25) is 0 Å². The van der Waals surface area contributed by atoms with Gasteiger partial charge in [-0.25, -0.2) is 4.72 Å². The quantitative estimate of drug-likeness (QED) is 0.368. The SMILES string of the molecule is CCN(CC)S(=O)(=O)NCCCCCCI. The van der Waals surface area contributed by atoms with Crippen molar-refractivity contribution in [1.29, 1.82) is 0 Å². The number of hydrogen-bond acceptors (Lipinski definition) is 2. The molecule has 0 spiro atoms. The Morgan fingerprint density at radius 3 is 2.12 bits per heavy atom. The van der Waals surface area contributed by atoms with Crippen LogP contribution in [-0.4, -0.2) is 36.8 Å². The van der Waals surface area contributed by atoms with E-state index in [2.05, 4.69) is 27.3 Å². The van der Waals surface area contributed by atoms with Crippen LogP contribution in [0.3, 0.4) is 0 Å². The maximum absolute atomic E-state index is 11.7. The Labute approximate surface area is 113 Å². The van der Waals surface area contributed by atoms with Crippen LogP contribution in [0.5, 0.6) is 0 Å². The average Bonchev–Trinajstić information content (AvgIpc) is 2.24. The molecule has 0 saturated carbocycles. The summed E-state index contributed by atoms with van der Waals surface area (Å²) in [7, 11) is -3.23. The first kappa shape index (κ1) is 16.6. The molecule has 4 nitrogen and oxygen atoms in total. The van der Waals surface area contributed by atoms with Gasteiger partial charge in [0, 0.05) is 19.6 Å². The van der Waals surface area contributed by atoms with Crippen molar-refractivity contribution in [2.24, 2.45) is 0 Å². The van der Waals surface area contributed by atoms with Crippen molar-refractivity contribution >= 4 is 32.8 Å². The summed E-state index contributed by atoms with van der Waals surface area (Å²) in [6, 6.07) is 0. The van der Waals surface area contributed by atoms with E-state index in [4.69, 9.17) is 0 Å². The summed E-state index contributed by atoms with van der Waals surface area (Å²) in [5.74, 6) is 0. The molecule has 0 aliphatic rings. The molecule has 0 fully saturated rings. The van der Waals surface area contributed by atoms with Gasteiger partial charge in [-0.1, -0.05) is 49.3 Å². The standard InChI is InChI=1S/C10H23IN2O2S/c1-3-13(4-2)16(14,15)12-10-8-6-5-7-9-11/h12H,3-10H2,1-2H3. The van der Waals surface area contributed by atoms with Gasteiger partial charge >= 0.3 is 0 Å². The molecule has 0 aromatic rings. The van der Waals surface area contributed by atoms with Gasteiger partial charge in [0.25, 0.3) is 10.2 Å². The van der Waals surface area contributed by atoms with E-state index in [1.807, 2.05) is 13.8 Å². The van der Waals surface area contributed by atoms with E-state index in [-0.39, 0.29) is 0 Å². The van der Waals surface area contributed by atoms with E-state index < -0.39 is 10.2 Å². The Kier molecular flexibility index (Phi) is 9.97. The molecule has 0 aromatic carbocycles. The van der Waals surface area contributed by atoms with Gasteiger partial charge in [0.15, 0.2) is 0 Å². The van der Waals surface area contributed by atoms with E-state index in [1.54, 1.807) is 0 Å². The van der Waals surface area contributed by atoms with Gasteiger partial charge in [-0.05, 0) is 17.3 Å². The Morgan fingerprint density at radius 2 is 1.62 bits per heavy atom. The zero-order valence-electron chi connectivity index (χ0n) is 10.2. The molecule has 0 radical (unpaired) electrons.